The summed E-state index contributed by atoms with van der Waals surface area (Å²) in [6.07, 6.45) is -16.2. The molecule has 8 N–H and O–H groups in total. The summed E-state index contributed by atoms with van der Waals surface area (Å²) < 4.78 is 33.3. The van der Waals surface area contributed by atoms with Gasteiger partial charge in [-0.05, 0) is 31.2 Å². The van der Waals surface area contributed by atoms with E-state index in [0.29, 0.717) is 0 Å². The lowest BCUT2D eigenvalue weighted by atomic mass is 9.97. The van der Waals surface area contributed by atoms with Gasteiger partial charge in [-0.2, -0.15) is 0 Å². The van der Waals surface area contributed by atoms with Crippen LogP contribution in [-0.4, -0.2) is 115 Å². The number of esters is 1. The van der Waals surface area contributed by atoms with E-state index in [0.717, 1.165) is 19.1 Å². The number of hydrogen-bond donors (Lipinski definition) is 8. The SMILES string of the molecule is CC(=O)OC[C@H]1O[C@H](O[C@@H]2[C@@H](O)[C@@H](O)[C@H](Oc3c(-c4ccc(O)cc4)oc4cc(O)cc(O)c4c3=O)O[C@@H]2C)[C@H](O)[C@@H](O)[C@@H]1O. The van der Waals surface area contributed by atoms with Crippen LogP contribution < -0.4 is 10.2 Å². The summed E-state index contributed by atoms with van der Waals surface area (Å²) in [6.45, 7) is 2.05. The number of phenols is 3. The van der Waals surface area contributed by atoms with E-state index in [4.69, 9.17) is 28.1 Å². The normalized spacial score (nSPS) is 31.9. The summed E-state index contributed by atoms with van der Waals surface area (Å²) in [6, 6.07) is 7.40. The maximum absolute atomic E-state index is 13.6. The third-order valence-electron chi connectivity index (χ3n) is 7.47. The summed E-state index contributed by atoms with van der Waals surface area (Å²) >= 11 is 0. The van der Waals surface area contributed by atoms with Gasteiger partial charge in [-0.1, -0.05) is 0 Å². The minimum atomic E-state index is -1.91. The van der Waals surface area contributed by atoms with E-state index in [2.05, 4.69) is 0 Å². The first kappa shape index (κ1) is 32.4. The Morgan fingerprint density at radius 1 is 0.844 bits per heavy atom. The zero-order chi connectivity index (χ0) is 32.7. The Labute approximate surface area is 253 Å². The van der Waals surface area contributed by atoms with E-state index in [1.54, 1.807) is 0 Å². The first-order valence-corrected chi connectivity index (χ1v) is 13.8. The molecule has 0 unspecified atom stereocenters. The highest BCUT2D eigenvalue weighted by Gasteiger charge is 2.50. The average Bonchev–Trinajstić information content (AvgIpc) is 2.98. The van der Waals surface area contributed by atoms with E-state index in [1.165, 1.54) is 31.2 Å². The second kappa shape index (κ2) is 12.8. The molecule has 0 radical (unpaired) electrons. The number of aliphatic hydroxyl groups is 5. The Kier molecular flexibility index (Phi) is 9.20. The molecule has 2 aliphatic heterocycles. The fourth-order valence-corrected chi connectivity index (χ4v) is 5.11. The molecular weight excluding hydrogens is 604 g/mol. The molecule has 0 amide bonds. The number of aromatic hydroxyl groups is 3. The first-order chi connectivity index (χ1) is 21.3. The van der Waals surface area contributed by atoms with Crippen molar-refractivity contribution in [3.63, 3.8) is 0 Å². The lowest BCUT2D eigenvalue weighted by molar-refractivity contribution is -0.349. The molecule has 10 atom stereocenters. The zero-order valence-electron chi connectivity index (χ0n) is 23.8. The quantitative estimate of drug-likeness (QED) is 0.147. The fraction of sp³-hybridized carbons (Fsp3) is 0.448. The number of carbonyl (C=O) groups is 1. The monoisotopic (exact) mass is 636 g/mol. The molecule has 2 aliphatic rings. The summed E-state index contributed by atoms with van der Waals surface area (Å²) in [5, 5.41) is 82.6. The van der Waals surface area contributed by atoms with Crippen molar-refractivity contribution in [1.29, 1.82) is 0 Å². The van der Waals surface area contributed by atoms with Crippen molar-refractivity contribution in [2.45, 2.75) is 75.3 Å². The Bertz CT molecular complexity index is 1590. The third-order valence-corrected chi connectivity index (χ3v) is 7.47. The number of hydrogen-bond acceptors (Lipinski definition) is 16. The van der Waals surface area contributed by atoms with Crippen LogP contribution in [0.2, 0.25) is 0 Å². The smallest absolute Gasteiger partial charge is 0.302 e. The second-order valence-electron chi connectivity index (χ2n) is 10.7. The van der Waals surface area contributed by atoms with Crippen molar-refractivity contribution in [3.8, 4) is 34.3 Å². The summed E-state index contributed by atoms with van der Waals surface area (Å²) in [4.78, 5) is 24.8. The van der Waals surface area contributed by atoms with Crippen LogP contribution in [0, 0.1) is 0 Å². The summed E-state index contributed by atoms with van der Waals surface area (Å²) in [5.41, 5.74) is -0.902. The standard InChI is InChI=1S/C29H32O16/c1-10-25(44-29-23(38)21(36)19(34)17(43-29)9-40-11(2)30)22(37)24(39)28(41-10)45-27-20(35)18-15(33)7-14(32)8-16(18)42-26(27)12-3-5-13(31)6-4-12/h3-8,10,17,19,21-25,28-29,31-34,36-39H,9H2,1-2H3/t10-,17-,19-,21+,22+,23-,24-,25+,28+,29-/m1/s1. The third kappa shape index (κ3) is 6.40. The van der Waals surface area contributed by atoms with Gasteiger partial charge in [0.25, 0.3) is 0 Å². The molecule has 45 heavy (non-hydrogen) atoms. The van der Waals surface area contributed by atoms with Crippen LogP contribution in [-0.2, 0) is 23.7 Å². The largest absolute Gasteiger partial charge is 0.508 e. The molecule has 3 heterocycles. The minimum absolute atomic E-state index is 0.0968. The number of phenolic OH excluding ortho intramolecular Hbond substituents is 3. The lowest BCUT2D eigenvalue weighted by Gasteiger charge is -2.45. The van der Waals surface area contributed by atoms with E-state index >= 15 is 0 Å². The van der Waals surface area contributed by atoms with Crippen LogP contribution >= 0.6 is 0 Å². The van der Waals surface area contributed by atoms with Crippen molar-refractivity contribution in [2.75, 3.05) is 6.61 Å². The number of carbonyl (C=O) groups excluding carboxylic acids is 1. The van der Waals surface area contributed by atoms with Crippen LogP contribution in [0.3, 0.4) is 0 Å². The number of fused-ring (bicyclic) bond motifs is 1. The molecule has 0 aliphatic carbocycles. The molecule has 2 aromatic carbocycles. The van der Waals surface area contributed by atoms with E-state index in [9.17, 15) is 50.4 Å². The molecule has 0 spiro atoms. The minimum Gasteiger partial charge on any atom is -0.508 e. The molecule has 2 saturated heterocycles. The highest BCUT2D eigenvalue weighted by Crippen LogP contribution is 2.38. The fourth-order valence-electron chi connectivity index (χ4n) is 5.11. The topological polar surface area (TPSA) is 255 Å². The van der Waals surface area contributed by atoms with Gasteiger partial charge in [0, 0.05) is 24.6 Å². The van der Waals surface area contributed by atoms with E-state index in [1.807, 2.05) is 0 Å². The van der Waals surface area contributed by atoms with E-state index in [-0.39, 0.29) is 28.0 Å². The van der Waals surface area contributed by atoms with Gasteiger partial charge in [-0.25, -0.2) is 0 Å². The van der Waals surface area contributed by atoms with Gasteiger partial charge in [0.05, 0.1) is 6.10 Å². The molecule has 2 fully saturated rings. The Morgan fingerprint density at radius 3 is 2.18 bits per heavy atom. The van der Waals surface area contributed by atoms with Crippen LogP contribution in [0.15, 0.2) is 45.6 Å². The van der Waals surface area contributed by atoms with Gasteiger partial charge in [0.1, 0.15) is 77.6 Å². The van der Waals surface area contributed by atoms with Gasteiger partial charge in [0.2, 0.25) is 17.5 Å². The molecule has 1 aromatic heterocycles. The molecule has 0 bridgehead atoms. The predicted molar refractivity (Wildman–Crippen MR) is 148 cm³/mol. The van der Waals surface area contributed by atoms with Crippen molar-refractivity contribution >= 4 is 16.9 Å². The van der Waals surface area contributed by atoms with Gasteiger partial charge in [-0.3, -0.25) is 9.59 Å². The Balaban J connectivity index is 1.41. The lowest BCUT2D eigenvalue weighted by Crippen LogP contribution is -2.64. The number of aliphatic hydroxyl groups excluding tert-OH is 5. The van der Waals surface area contributed by atoms with Gasteiger partial charge in [0.15, 0.2) is 12.1 Å². The molecule has 3 aromatic rings. The molecule has 5 rings (SSSR count). The number of rotatable bonds is 7. The van der Waals surface area contributed by atoms with Crippen LogP contribution in [0.4, 0.5) is 0 Å². The second-order valence-corrected chi connectivity index (χ2v) is 10.7. The predicted octanol–water partition coefficient (Wildman–Crippen LogP) is -0.822. The number of benzene rings is 2. The van der Waals surface area contributed by atoms with Crippen molar-refractivity contribution < 1.29 is 73.7 Å². The summed E-state index contributed by atoms with van der Waals surface area (Å²) in [7, 11) is 0. The van der Waals surface area contributed by atoms with Crippen LogP contribution in [0.25, 0.3) is 22.3 Å². The maximum atomic E-state index is 13.6. The van der Waals surface area contributed by atoms with Gasteiger partial charge in [-0.15, -0.1) is 0 Å². The van der Waals surface area contributed by atoms with Gasteiger partial charge < -0.3 is 69.0 Å². The van der Waals surface area contributed by atoms with E-state index < -0.39 is 96.7 Å². The van der Waals surface area contributed by atoms with Crippen LogP contribution in [0.5, 0.6) is 23.0 Å². The maximum Gasteiger partial charge on any atom is 0.302 e. The Hall–Kier alpha value is -4.00. The van der Waals surface area contributed by atoms with Crippen molar-refractivity contribution in [1.82, 2.24) is 0 Å². The molecule has 0 saturated carbocycles. The summed E-state index contributed by atoms with van der Waals surface area (Å²) in [5.74, 6) is -2.58. The Morgan fingerprint density at radius 2 is 1.51 bits per heavy atom. The van der Waals surface area contributed by atoms with Crippen molar-refractivity contribution in [3.05, 3.63) is 46.6 Å². The molecule has 16 heteroatoms. The average molecular weight is 637 g/mol. The highest BCUT2D eigenvalue weighted by molar-refractivity contribution is 5.88. The molecular formula is C29H32O16. The van der Waals surface area contributed by atoms with Crippen molar-refractivity contribution in [2.24, 2.45) is 0 Å². The zero-order valence-corrected chi connectivity index (χ0v) is 23.8. The number of ether oxygens (including phenoxy) is 5. The van der Waals surface area contributed by atoms with Crippen LogP contribution in [0.1, 0.15) is 13.8 Å². The van der Waals surface area contributed by atoms with Gasteiger partial charge >= 0.3 is 5.97 Å². The highest BCUT2D eigenvalue weighted by atomic mass is 16.7. The molecule has 244 valence electrons. The molecule has 16 nitrogen and oxygen atoms in total. The first-order valence-electron chi connectivity index (χ1n) is 13.8.